The normalized spacial score (nSPS) is 18.6. The summed E-state index contributed by atoms with van der Waals surface area (Å²) in [5.41, 5.74) is 6.49. The van der Waals surface area contributed by atoms with Gasteiger partial charge in [-0.1, -0.05) is 25.0 Å². The van der Waals surface area contributed by atoms with Gasteiger partial charge in [-0.05, 0) is 54.8 Å². The van der Waals surface area contributed by atoms with Crippen molar-refractivity contribution < 1.29 is 17.9 Å². The number of methoxy groups -OCH3 is 1. The first kappa shape index (κ1) is 19.4. The molecule has 0 bridgehead atoms. The van der Waals surface area contributed by atoms with Crippen molar-refractivity contribution in [2.45, 2.75) is 36.6 Å². The summed E-state index contributed by atoms with van der Waals surface area (Å²) in [6, 6.07) is 13.1. The maximum absolute atomic E-state index is 13.3. The number of amides is 1. The monoisotopic (exact) mass is 388 g/mol. The number of carbonyl (C=O) groups is 1. The second kappa shape index (κ2) is 8.10. The van der Waals surface area contributed by atoms with Gasteiger partial charge in [-0.25, -0.2) is 8.42 Å². The zero-order valence-electron chi connectivity index (χ0n) is 15.3. The number of hydrogen-bond acceptors (Lipinski definition) is 4. The Morgan fingerprint density at radius 3 is 2.30 bits per heavy atom. The fraction of sp³-hybridized carbons (Fsp3) is 0.350. The smallest absolute Gasteiger partial charge is 0.248 e. The summed E-state index contributed by atoms with van der Waals surface area (Å²) in [6.07, 6.45) is 3.57. The number of rotatable bonds is 5. The van der Waals surface area contributed by atoms with Gasteiger partial charge in [0.2, 0.25) is 15.9 Å². The number of ether oxygens (including phenoxy) is 1. The Kier molecular flexibility index (Phi) is 5.82. The van der Waals surface area contributed by atoms with Gasteiger partial charge in [0.1, 0.15) is 5.75 Å². The number of sulfonamides is 1. The first-order valence-electron chi connectivity index (χ1n) is 8.99. The first-order chi connectivity index (χ1) is 12.9. The van der Waals surface area contributed by atoms with Crippen LogP contribution in [0.25, 0.3) is 0 Å². The highest BCUT2D eigenvalue weighted by atomic mass is 32.2. The zero-order valence-corrected chi connectivity index (χ0v) is 16.1. The lowest BCUT2D eigenvalue weighted by atomic mass is 10.0. The van der Waals surface area contributed by atoms with Crippen LogP contribution < -0.4 is 10.5 Å². The van der Waals surface area contributed by atoms with Crippen LogP contribution in [0.4, 0.5) is 0 Å². The van der Waals surface area contributed by atoms with Crippen LogP contribution in [0.3, 0.4) is 0 Å². The molecule has 2 N–H and O–H groups in total. The molecule has 1 heterocycles. The predicted octanol–water partition coefficient (Wildman–Crippen LogP) is 3.10. The average Bonchev–Trinajstić information content (AvgIpc) is 2.95. The summed E-state index contributed by atoms with van der Waals surface area (Å²) >= 11 is 0. The van der Waals surface area contributed by atoms with Crippen molar-refractivity contribution in [1.82, 2.24) is 4.31 Å². The Hall–Kier alpha value is -2.38. The van der Waals surface area contributed by atoms with E-state index in [0.29, 0.717) is 6.54 Å². The van der Waals surface area contributed by atoms with E-state index < -0.39 is 15.9 Å². The molecule has 144 valence electrons. The molecular formula is C20H24N2O4S. The number of benzene rings is 2. The lowest BCUT2D eigenvalue weighted by molar-refractivity contribution is 0.1000. The van der Waals surface area contributed by atoms with Gasteiger partial charge < -0.3 is 10.5 Å². The van der Waals surface area contributed by atoms with Crippen LogP contribution >= 0.6 is 0 Å². The Labute approximate surface area is 160 Å². The van der Waals surface area contributed by atoms with Gasteiger partial charge in [0.05, 0.1) is 18.0 Å². The average molecular weight is 388 g/mol. The Morgan fingerprint density at radius 2 is 1.70 bits per heavy atom. The minimum Gasteiger partial charge on any atom is -0.497 e. The summed E-state index contributed by atoms with van der Waals surface area (Å²) in [5.74, 6) is 0.161. The molecule has 0 aromatic heterocycles. The number of hydrogen-bond donors (Lipinski definition) is 1. The van der Waals surface area contributed by atoms with E-state index in [1.54, 1.807) is 11.4 Å². The second-order valence-electron chi connectivity index (χ2n) is 6.64. The minimum absolute atomic E-state index is 0.174. The van der Waals surface area contributed by atoms with Crippen molar-refractivity contribution in [1.29, 1.82) is 0 Å². The topological polar surface area (TPSA) is 89.7 Å². The molecule has 3 rings (SSSR count). The summed E-state index contributed by atoms with van der Waals surface area (Å²) in [6.45, 7) is 0.469. The quantitative estimate of drug-likeness (QED) is 0.852. The van der Waals surface area contributed by atoms with Crippen LogP contribution in [0.5, 0.6) is 5.75 Å². The minimum atomic E-state index is -3.69. The molecule has 0 saturated carbocycles. The fourth-order valence-electron chi connectivity index (χ4n) is 3.46. The van der Waals surface area contributed by atoms with E-state index >= 15 is 0 Å². The molecule has 1 fully saturated rings. The highest BCUT2D eigenvalue weighted by Crippen LogP contribution is 2.35. The Balaban J connectivity index is 1.96. The van der Waals surface area contributed by atoms with Crippen molar-refractivity contribution >= 4 is 15.9 Å². The lowest BCUT2D eigenvalue weighted by Gasteiger charge is -2.29. The van der Waals surface area contributed by atoms with Crippen molar-refractivity contribution in [3.63, 3.8) is 0 Å². The van der Waals surface area contributed by atoms with E-state index in [4.69, 9.17) is 10.5 Å². The highest BCUT2D eigenvalue weighted by Gasteiger charge is 2.33. The van der Waals surface area contributed by atoms with Gasteiger partial charge >= 0.3 is 0 Å². The SMILES string of the molecule is COc1ccc([C@@H]2CCCCCN2S(=O)(=O)c2ccc(C(N)=O)cc2)cc1. The first-order valence-corrected chi connectivity index (χ1v) is 10.4. The van der Waals surface area contributed by atoms with Gasteiger partial charge in [0, 0.05) is 12.1 Å². The number of nitrogens with zero attached hydrogens (tertiary/aromatic N) is 1. The van der Waals surface area contributed by atoms with E-state index in [2.05, 4.69) is 0 Å². The van der Waals surface area contributed by atoms with E-state index in [1.807, 2.05) is 24.3 Å². The molecule has 0 radical (unpaired) electrons. The maximum atomic E-state index is 13.3. The Bertz CT molecular complexity index is 893. The van der Waals surface area contributed by atoms with Crippen molar-refractivity contribution in [3.05, 3.63) is 59.7 Å². The predicted molar refractivity (Wildman–Crippen MR) is 103 cm³/mol. The van der Waals surface area contributed by atoms with E-state index in [9.17, 15) is 13.2 Å². The van der Waals surface area contributed by atoms with Crippen molar-refractivity contribution in [2.24, 2.45) is 5.73 Å². The fourth-order valence-corrected chi connectivity index (χ4v) is 5.14. The van der Waals surface area contributed by atoms with Crippen molar-refractivity contribution in [2.75, 3.05) is 13.7 Å². The Morgan fingerprint density at radius 1 is 1.04 bits per heavy atom. The van der Waals surface area contributed by atoms with Gasteiger partial charge in [0.15, 0.2) is 0 Å². The van der Waals surface area contributed by atoms with Gasteiger partial charge in [-0.3, -0.25) is 4.79 Å². The van der Waals surface area contributed by atoms with Crippen LogP contribution in [0.1, 0.15) is 47.6 Å². The van der Waals surface area contributed by atoms with Crippen LogP contribution in [0.2, 0.25) is 0 Å². The third-order valence-electron chi connectivity index (χ3n) is 4.95. The molecule has 1 saturated heterocycles. The molecule has 0 spiro atoms. The summed E-state index contributed by atoms with van der Waals surface area (Å²) in [7, 11) is -2.09. The van der Waals surface area contributed by atoms with Crippen LogP contribution in [0.15, 0.2) is 53.4 Å². The molecule has 6 nitrogen and oxygen atoms in total. The molecule has 1 amide bonds. The molecule has 1 aliphatic heterocycles. The van der Waals surface area contributed by atoms with E-state index in [0.717, 1.165) is 37.0 Å². The molecule has 7 heteroatoms. The van der Waals surface area contributed by atoms with Crippen LogP contribution in [-0.2, 0) is 10.0 Å². The molecule has 2 aromatic carbocycles. The molecule has 1 atom stereocenters. The van der Waals surface area contributed by atoms with Crippen molar-refractivity contribution in [3.8, 4) is 5.75 Å². The highest BCUT2D eigenvalue weighted by molar-refractivity contribution is 7.89. The standard InChI is InChI=1S/C20H24N2O4S/c1-26-17-10-6-15(7-11-17)19-5-3-2-4-14-22(19)27(24,25)18-12-8-16(9-13-18)20(21)23/h6-13,19H,2-5,14H2,1H3,(H2,21,23)/t19-/m0/s1. The lowest BCUT2D eigenvalue weighted by Crippen LogP contribution is -2.34. The summed E-state index contributed by atoms with van der Waals surface area (Å²) in [5, 5.41) is 0. The van der Waals surface area contributed by atoms with E-state index in [-0.39, 0.29) is 16.5 Å². The van der Waals surface area contributed by atoms with Gasteiger partial charge in [-0.2, -0.15) is 4.31 Å². The molecular weight excluding hydrogens is 364 g/mol. The largest absolute Gasteiger partial charge is 0.497 e. The number of carbonyl (C=O) groups excluding carboxylic acids is 1. The molecule has 0 aliphatic carbocycles. The van der Waals surface area contributed by atoms with E-state index in [1.165, 1.54) is 24.3 Å². The third-order valence-corrected chi connectivity index (χ3v) is 6.87. The number of nitrogens with two attached hydrogens (primary N) is 1. The second-order valence-corrected chi connectivity index (χ2v) is 8.53. The summed E-state index contributed by atoms with van der Waals surface area (Å²) < 4.78 is 33.4. The number of primary amides is 1. The molecule has 27 heavy (non-hydrogen) atoms. The molecule has 1 aliphatic rings. The molecule has 2 aromatic rings. The zero-order chi connectivity index (χ0) is 19.4. The third kappa shape index (κ3) is 4.14. The maximum Gasteiger partial charge on any atom is 0.248 e. The van der Waals surface area contributed by atoms with Gasteiger partial charge in [-0.15, -0.1) is 0 Å². The van der Waals surface area contributed by atoms with Gasteiger partial charge in [0.25, 0.3) is 0 Å². The molecule has 0 unspecified atom stereocenters. The van der Waals surface area contributed by atoms with Crippen LogP contribution in [0, 0.1) is 0 Å². The van der Waals surface area contributed by atoms with Crippen LogP contribution in [-0.4, -0.2) is 32.3 Å². The summed E-state index contributed by atoms with van der Waals surface area (Å²) in [4.78, 5) is 11.4.